The lowest BCUT2D eigenvalue weighted by atomic mass is 9.99. The number of halogens is 3. The highest BCUT2D eigenvalue weighted by Gasteiger charge is 2.51. The minimum absolute atomic E-state index is 0.0179. The van der Waals surface area contributed by atoms with Crippen molar-refractivity contribution in [2.24, 2.45) is 0 Å². The highest BCUT2D eigenvalue weighted by Crippen LogP contribution is 2.43. The fourth-order valence-corrected chi connectivity index (χ4v) is 2.35. The lowest BCUT2D eigenvalue weighted by molar-refractivity contribution is -0.205. The minimum Gasteiger partial charge on any atom is -0.481 e. The maximum absolute atomic E-state index is 13.3. The molecular weight excluding hydrogens is 349 g/mol. The van der Waals surface area contributed by atoms with E-state index in [0.717, 1.165) is 13.8 Å². The fraction of sp³-hybridized carbons (Fsp3) is 0.353. The van der Waals surface area contributed by atoms with Crippen LogP contribution in [0.4, 0.5) is 24.7 Å². The van der Waals surface area contributed by atoms with Gasteiger partial charge in [0.25, 0.3) is 5.69 Å². The zero-order chi connectivity index (χ0) is 19.9. The van der Waals surface area contributed by atoms with Crippen LogP contribution in [0.25, 0.3) is 16.1 Å². The average molecular weight is 366 g/mol. The summed E-state index contributed by atoms with van der Waals surface area (Å²) in [7, 11) is 0. The number of carboxylic acid groups (broad SMARTS) is 1. The van der Waals surface area contributed by atoms with Crippen LogP contribution in [-0.2, 0) is 10.3 Å². The summed E-state index contributed by atoms with van der Waals surface area (Å²) in [6.45, 7) is 10.6. The lowest BCUT2D eigenvalue weighted by Gasteiger charge is -2.29. The molecule has 1 unspecified atom stereocenters. The number of nitrogens with zero attached hydrogens (tertiary/aromatic N) is 3. The molecule has 3 N–H and O–H groups in total. The Morgan fingerprint density at radius 2 is 1.85 bits per heavy atom. The standard InChI is InChI=1S/C17H17F3N4O2/c1-9(15(25)26)10-5-7-11(8-6-10)12-13(22-4)14(21)24(23-12)16(2,3)17(18,19)20/h5-9H,21H2,1-3H3,(H,25,26). The highest BCUT2D eigenvalue weighted by molar-refractivity contribution is 5.83. The van der Waals surface area contributed by atoms with Crippen LogP contribution in [0.15, 0.2) is 24.3 Å². The summed E-state index contributed by atoms with van der Waals surface area (Å²) in [5.41, 5.74) is 4.10. The van der Waals surface area contributed by atoms with E-state index in [4.69, 9.17) is 17.4 Å². The Bertz CT molecular complexity index is 877. The van der Waals surface area contributed by atoms with Crippen LogP contribution in [0.2, 0.25) is 0 Å². The van der Waals surface area contributed by atoms with Gasteiger partial charge in [-0.2, -0.15) is 18.3 Å². The van der Waals surface area contributed by atoms with Gasteiger partial charge in [-0.3, -0.25) is 4.79 Å². The zero-order valence-corrected chi connectivity index (χ0v) is 14.3. The van der Waals surface area contributed by atoms with Gasteiger partial charge in [-0.25, -0.2) is 9.53 Å². The Morgan fingerprint density at radius 1 is 1.31 bits per heavy atom. The smallest absolute Gasteiger partial charge is 0.413 e. The number of carboxylic acids is 1. The molecule has 26 heavy (non-hydrogen) atoms. The summed E-state index contributed by atoms with van der Waals surface area (Å²) in [6, 6.07) is 6.09. The first-order chi connectivity index (χ1) is 11.9. The molecule has 1 aromatic carbocycles. The molecule has 0 amide bonds. The number of carbonyl (C=O) groups is 1. The highest BCUT2D eigenvalue weighted by atomic mass is 19.4. The summed E-state index contributed by atoms with van der Waals surface area (Å²) in [4.78, 5) is 14.3. The molecular formula is C17H17F3N4O2. The number of hydrogen-bond donors (Lipinski definition) is 2. The van der Waals surface area contributed by atoms with Gasteiger partial charge in [-0.05, 0) is 31.9 Å². The molecule has 0 aliphatic carbocycles. The third-order valence-corrected chi connectivity index (χ3v) is 4.28. The first-order valence-corrected chi connectivity index (χ1v) is 7.58. The normalized spacial score (nSPS) is 13.3. The van der Waals surface area contributed by atoms with Gasteiger partial charge >= 0.3 is 12.1 Å². The Labute approximate surface area is 147 Å². The summed E-state index contributed by atoms with van der Waals surface area (Å²) in [5.74, 6) is -2.11. The number of aliphatic carboxylic acids is 1. The van der Waals surface area contributed by atoms with E-state index in [1.165, 1.54) is 31.2 Å². The molecule has 0 fully saturated rings. The Hall–Kier alpha value is -3.02. The number of aromatic nitrogens is 2. The molecule has 0 aliphatic rings. The van der Waals surface area contributed by atoms with Gasteiger partial charge in [0.2, 0.25) is 0 Å². The fourth-order valence-electron chi connectivity index (χ4n) is 2.35. The van der Waals surface area contributed by atoms with E-state index in [2.05, 4.69) is 9.94 Å². The van der Waals surface area contributed by atoms with Gasteiger partial charge in [0.05, 0.1) is 12.5 Å². The number of alkyl halides is 3. The summed E-state index contributed by atoms with van der Waals surface area (Å²) >= 11 is 0. The van der Waals surface area contributed by atoms with E-state index >= 15 is 0 Å². The molecule has 0 saturated carbocycles. The van der Waals surface area contributed by atoms with E-state index in [-0.39, 0.29) is 17.2 Å². The Balaban J connectivity index is 2.57. The lowest BCUT2D eigenvalue weighted by Crippen LogP contribution is -2.43. The van der Waals surface area contributed by atoms with E-state index in [1.54, 1.807) is 0 Å². The minimum atomic E-state index is -4.62. The van der Waals surface area contributed by atoms with Crippen molar-refractivity contribution in [3.63, 3.8) is 0 Å². The van der Waals surface area contributed by atoms with E-state index in [1.807, 2.05) is 0 Å². The van der Waals surface area contributed by atoms with Crippen LogP contribution < -0.4 is 5.73 Å². The van der Waals surface area contributed by atoms with Crippen molar-refractivity contribution in [3.05, 3.63) is 41.2 Å². The summed E-state index contributed by atoms with van der Waals surface area (Å²) in [5, 5.41) is 13.0. The van der Waals surface area contributed by atoms with Gasteiger partial charge in [0.15, 0.2) is 5.54 Å². The third kappa shape index (κ3) is 3.10. The zero-order valence-electron chi connectivity index (χ0n) is 14.3. The molecule has 1 heterocycles. The molecule has 0 bridgehead atoms. The maximum Gasteiger partial charge on any atom is 0.413 e. The first-order valence-electron chi connectivity index (χ1n) is 7.58. The largest absolute Gasteiger partial charge is 0.481 e. The second kappa shape index (κ2) is 6.37. The molecule has 2 rings (SSSR count). The second-order valence-corrected chi connectivity index (χ2v) is 6.34. The molecule has 9 heteroatoms. The van der Waals surface area contributed by atoms with Crippen molar-refractivity contribution >= 4 is 17.5 Å². The SMILES string of the molecule is [C-]#[N+]c1c(-c2ccc(C(C)C(=O)O)cc2)nn(C(C)(C)C(F)(F)F)c1N. The van der Waals surface area contributed by atoms with Crippen LogP contribution in [0.3, 0.4) is 0 Å². The van der Waals surface area contributed by atoms with Crippen molar-refractivity contribution in [3.8, 4) is 11.3 Å². The van der Waals surface area contributed by atoms with Crippen LogP contribution in [-0.4, -0.2) is 27.0 Å². The van der Waals surface area contributed by atoms with Crippen LogP contribution in [0.1, 0.15) is 32.3 Å². The molecule has 6 nitrogen and oxygen atoms in total. The molecule has 0 radical (unpaired) electrons. The second-order valence-electron chi connectivity index (χ2n) is 6.34. The molecule has 1 aromatic heterocycles. The van der Waals surface area contributed by atoms with Gasteiger partial charge in [0.1, 0.15) is 11.5 Å². The van der Waals surface area contributed by atoms with Gasteiger partial charge in [-0.1, -0.05) is 24.3 Å². The summed E-state index contributed by atoms with van der Waals surface area (Å²) < 4.78 is 40.5. The molecule has 138 valence electrons. The Morgan fingerprint density at radius 3 is 2.27 bits per heavy atom. The van der Waals surface area contributed by atoms with E-state index < -0.39 is 23.6 Å². The van der Waals surface area contributed by atoms with Crippen LogP contribution >= 0.6 is 0 Å². The summed E-state index contributed by atoms with van der Waals surface area (Å²) in [6.07, 6.45) is -4.62. The van der Waals surface area contributed by atoms with E-state index in [9.17, 15) is 18.0 Å². The number of nitrogen functional groups attached to an aromatic ring is 1. The molecule has 0 saturated heterocycles. The van der Waals surface area contributed by atoms with Gasteiger partial charge in [-0.15, -0.1) is 0 Å². The quantitative estimate of drug-likeness (QED) is 0.796. The van der Waals surface area contributed by atoms with Crippen LogP contribution in [0.5, 0.6) is 0 Å². The molecule has 0 aliphatic heterocycles. The molecule has 2 aromatic rings. The van der Waals surface area contributed by atoms with E-state index in [0.29, 0.717) is 15.8 Å². The average Bonchev–Trinajstić information content (AvgIpc) is 2.90. The predicted molar refractivity (Wildman–Crippen MR) is 89.8 cm³/mol. The predicted octanol–water partition coefficient (Wildman–Crippen LogP) is 4.17. The topological polar surface area (TPSA) is 85.5 Å². The van der Waals surface area contributed by atoms with Gasteiger partial charge < -0.3 is 10.8 Å². The number of benzene rings is 1. The van der Waals surface area contributed by atoms with Crippen LogP contribution in [0, 0.1) is 6.57 Å². The van der Waals surface area contributed by atoms with Crippen molar-refractivity contribution in [1.29, 1.82) is 0 Å². The number of hydrogen-bond acceptors (Lipinski definition) is 3. The number of rotatable bonds is 4. The molecule has 1 atom stereocenters. The van der Waals surface area contributed by atoms with Crippen molar-refractivity contribution < 1.29 is 23.1 Å². The molecule has 0 spiro atoms. The monoisotopic (exact) mass is 366 g/mol. The third-order valence-electron chi connectivity index (χ3n) is 4.28. The van der Waals surface area contributed by atoms with Crippen molar-refractivity contribution in [2.45, 2.75) is 38.4 Å². The Kier molecular flexibility index (Phi) is 4.73. The van der Waals surface area contributed by atoms with Crippen molar-refractivity contribution in [2.75, 3.05) is 5.73 Å². The number of anilines is 1. The van der Waals surface area contributed by atoms with Crippen molar-refractivity contribution in [1.82, 2.24) is 9.78 Å². The van der Waals surface area contributed by atoms with Gasteiger partial charge in [0, 0.05) is 0 Å². The first kappa shape index (κ1) is 19.3. The maximum atomic E-state index is 13.3. The number of nitrogens with two attached hydrogens (primary N) is 1.